The fourth-order valence-electron chi connectivity index (χ4n) is 1.61. The predicted molar refractivity (Wildman–Crippen MR) is 72.3 cm³/mol. The number of carbonyl (C=O) groups is 1. The van der Waals surface area contributed by atoms with E-state index in [0.29, 0.717) is 13.0 Å². The number of nitrogens with two attached hydrogens (primary N) is 1. The maximum atomic E-state index is 12.0. The molecule has 0 fully saturated rings. The predicted octanol–water partition coefficient (Wildman–Crippen LogP) is -0.598. The van der Waals surface area contributed by atoms with Gasteiger partial charge in [0.15, 0.2) is 0 Å². The monoisotopic (exact) mass is 288 g/mol. The fraction of sp³-hybridized carbons (Fsp3) is 0.545. The number of aromatic nitrogens is 1. The number of nitrogens with one attached hydrogen (secondary N) is 2. The Morgan fingerprint density at radius 1 is 1.42 bits per heavy atom. The molecule has 1 heterocycles. The molecule has 108 valence electrons. The van der Waals surface area contributed by atoms with Gasteiger partial charge in [0.2, 0.25) is 10.0 Å². The van der Waals surface area contributed by atoms with Gasteiger partial charge in [0.25, 0.3) is 5.91 Å². The van der Waals surface area contributed by atoms with Crippen molar-refractivity contribution in [1.82, 2.24) is 14.6 Å². The molecule has 0 saturated heterocycles. The average Bonchev–Trinajstić information content (AvgIpc) is 2.72. The van der Waals surface area contributed by atoms with Gasteiger partial charge in [-0.2, -0.15) is 0 Å². The number of carbonyl (C=O) groups excluding carboxylic acids is 1. The molecule has 0 atom stereocenters. The molecule has 7 nitrogen and oxygen atoms in total. The number of nitrogens with zero attached hydrogens (tertiary/aromatic N) is 1. The Balaban J connectivity index is 2.67. The summed E-state index contributed by atoms with van der Waals surface area (Å²) in [4.78, 5) is 11.1. The number of amides is 1. The molecule has 1 rings (SSSR count). The topological polar surface area (TPSA) is 106 Å². The van der Waals surface area contributed by atoms with Crippen LogP contribution in [0.3, 0.4) is 0 Å². The molecule has 0 aliphatic carbocycles. The number of sulfonamides is 1. The van der Waals surface area contributed by atoms with Crippen LogP contribution < -0.4 is 15.8 Å². The Kier molecular flexibility index (Phi) is 5.52. The molecule has 0 bridgehead atoms. The van der Waals surface area contributed by atoms with Crippen LogP contribution in [0.4, 0.5) is 0 Å². The van der Waals surface area contributed by atoms with E-state index in [1.54, 1.807) is 7.05 Å². The first-order valence-electron chi connectivity index (χ1n) is 6.05. The highest BCUT2D eigenvalue weighted by molar-refractivity contribution is 7.89. The third kappa shape index (κ3) is 4.34. The molecule has 0 radical (unpaired) electrons. The summed E-state index contributed by atoms with van der Waals surface area (Å²) < 4.78 is 27.8. The number of hydrogen-bond donors (Lipinski definition) is 3. The minimum Gasteiger partial charge on any atom is -0.364 e. The van der Waals surface area contributed by atoms with Crippen LogP contribution >= 0.6 is 0 Å². The maximum absolute atomic E-state index is 12.0. The largest absolute Gasteiger partial charge is 0.364 e. The number of rotatable bonds is 8. The van der Waals surface area contributed by atoms with Crippen molar-refractivity contribution in [1.29, 1.82) is 0 Å². The van der Waals surface area contributed by atoms with Crippen LogP contribution in [-0.2, 0) is 17.1 Å². The van der Waals surface area contributed by atoms with Crippen molar-refractivity contribution in [3.8, 4) is 0 Å². The first-order chi connectivity index (χ1) is 8.88. The lowest BCUT2D eigenvalue weighted by Crippen LogP contribution is -2.27. The molecule has 1 amide bonds. The second-order valence-corrected chi connectivity index (χ2v) is 5.91. The molecule has 8 heteroatoms. The van der Waals surface area contributed by atoms with Gasteiger partial charge in [-0.15, -0.1) is 0 Å². The standard InChI is InChI=1S/C11H20N4O3S/c1-3-13-5-4-6-14-19(17,18)9-7-10(11(12)16)15(2)8-9/h7-8,13-14H,3-6H2,1-2H3,(H2,12,16). The molecule has 0 saturated carbocycles. The van der Waals surface area contributed by atoms with Crippen LogP contribution in [0.15, 0.2) is 17.2 Å². The van der Waals surface area contributed by atoms with Crippen LogP contribution in [0.25, 0.3) is 0 Å². The third-order valence-corrected chi connectivity index (χ3v) is 4.04. The lowest BCUT2D eigenvalue weighted by molar-refractivity contribution is 0.0992. The van der Waals surface area contributed by atoms with Crippen molar-refractivity contribution in [2.75, 3.05) is 19.6 Å². The normalized spacial score (nSPS) is 11.7. The zero-order chi connectivity index (χ0) is 14.5. The van der Waals surface area contributed by atoms with Gasteiger partial charge in [-0.1, -0.05) is 6.92 Å². The van der Waals surface area contributed by atoms with Gasteiger partial charge in [-0.3, -0.25) is 4.79 Å². The summed E-state index contributed by atoms with van der Waals surface area (Å²) in [6.45, 7) is 3.93. The Hall–Kier alpha value is -1.38. The van der Waals surface area contributed by atoms with Crippen molar-refractivity contribution in [3.63, 3.8) is 0 Å². The highest BCUT2D eigenvalue weighted by atomic mass is 32.2. The van der Waals surface area contributed by atoms with E-state index < -0.39 is 15.9 Å². The fourth-order valence-corrected chi connectivity index (χ4v) is 2.75. The van der Waals surface area contributed by atoms with Crippen LogP contribution in [0.2, 0.25) is 0 Å². The number of hydrogen-bond acceptors (Lipinski definition) is 4. The summed E-state index contributed by atoms with van der Waals surface area (Å²) in [5.41, 5.74) is 5.30. The van der Waals surface area contributed by atoms with Gasteiger partial charge in [0.05, 0.1) is 0 Å². The molecule has 1 aromatic heterocycles. The smallest absolute Gasteiger partial charge is 0.265 e. The van der Waals surface area contributed by atoms with Crippen molar-refractivity contribution < 1.29 is 13.2 Å². The summed E-state index contributed by atoms with van der Waals surface area (Å²) in [5.74, 6) is -0.656. The van der Waals surface area contributed by atoms with Gasteiger partial charge in [0.1, 0.15) is 10.6 Å². The van der Waals surface area contributed by atoms with E-state index in [-0.39, 0.29) is 10.6 Å². The van der Waals surface area contributed by atoms with Crippen LogP contribution in [-0.4, -0.2) is 38.5 Å². The lowest BCUT2D eigenvalue weighted by atomic mass is 10.4. The van der Waals surface area contributed by atoms with Gasteiger partial charge >= 0.3 is 0 Å². The molecular weight excluding hydrogens is 268 g/mol. The molecule has 1 aromatic rings. The van der Waals surface area contributed by atoms with E-state index in [0.717, 1.165) is 13.1 Å². The van der Waals surface area contributed by atoms with Gasteiger partial charge < -0.3 is 15.6 Å². The highest BCUT2D eigenvalue weighted by Crippen LogP contribution is 2.12. The second kappa shape index (κ2) is 6.69. The van der Waals surface area contributed by atoms with E-state index in [9.17, 15) is 13.2 Å². The molecule has 0 aromatic carbocycles. The first kappa shape index (κ1) is 15.7. The molecule has 0 unspecified atom stereocenters. The SMILES string of the molecule is CCNCCCNS(=O)(=O)c1cc(C(N)=O)n(C)c1. The van der Waals surface area contributed by atoms with Crippen LogP contribution in [0, 0.1) is 0 Å². The highest BCUT2D eigenvalue weighted by Gasteiger charge is 2.18. The summed E-state index contributed by atoms with van der Waals surface area (Å²) in [7, 11) is -2.02. The quantitative estimate of drug-likeness (QED) is 0.555. The zero-order valence-electron chi connectivity index (χ0n) is 11.1. The van der Waals surface area contributed by atoms with Crippen molar-refractivity contribution in [2.45, 2.75) is 18.2 Å². The molecule has 19 heavy (non-hydrogen) atoms. The minimum absolute atomic E-state index is 0.0484. The second-order valence-electron chi connectivity index (χ2n) is 4.14. The van der Waals surface area contributed by atoms with E-state index in [1.165, 1.54) is 16.8 Å². The van der Waals surface area contributed by atoms with E-state index >= 15 is 0 Å². The van der Waals surface area contributed by atoms with E-state index in [4.69, 9.17) is 5.73 Å². The Morgan fingerprint density at radius 2 is 2.11 bits per heavy atom. The minimum atomic E-state index is -3.59. The maximum Gasteiger partial charge on any atom is 0.265 e. The average molecular weight is 288 g/mol. The van der Waals surface area contributed by atoms with Gasteiger partial charge in [0, 0.05) is 19.8 Å². The number of aryl methyl sites for hydroxylation is 1. The van der Waals surface area contributed by atoms with Crippen molar-refractivity contribution in [2.24, 2.45) is 12.8 Å². The molecule has 0 aliphatic rings. The zero-order valence-corrected chi connectivity index (χ0v) is 12.0. The number of primary amides is 1. The van der Waals surface area contributed by atoms with Crippen LogP contribution in [0.5, 0.6) is 0 Å². The lowest BCUT2D eigenvalue weighted by Gasteiger charge is -2.05. The molecule has 0 aliphatic heterocycles. The third-order valence-electron chi connectivity index (χ3n) is 2.62. The van der Waals surface area contributed by atoms with E-state index in [2.05, 4.69) is 10.0 Å². The van der Waals surface area contributed by atoms with E-state index in [1.807, 2.05) is 6.92 Å². The van der Waals surface area contributed by atoms with Gasteiger partial charge in [-0.05, 0) is 25.6 Å². The summed E-state index contributed by atoms with van der Waals surface area (Å²) in [6, 6.07) is 1.27. The molecule has 0 spiro atoms. The summed E-state index contributed by atoms with van der Waals surface area (Å²) >= 11 is 0. The Morgan fingerprint density at radius 3 is 2.63 bits per heavy atom. The molecular formula is C11H20N4O3S. The van der Waals surface area contributed by atoms with Crippen molar-refractivity contribution >= 4 is 15.9 Å². The van der Waals surface area contributed by atoms with Crippen LogP contribution in [0.1, 0.15) is 23.8 Å². The van der Waals surface area contributed by atoms with Gasteiger partial charge in [-0.25, -0.2) is 13.1 Å². The first-order valence-corrected chi connectivity index (χ1v) is 7.53. The van der Waals surface area contributed by atoms with Crippen molar-refractivity contribution in [3.05, 3.63) is 18.0 Å². The Labute approximate surface area is 113 Å². The summed E-state index contributed by atoms with van der Waals surface area (Å²) in [6.07, 6.45) is 2.06. The Bertz CT molecular complexity index is 536. The molecule has 4 N–H and O–H groups in total. The summed E-state index contributed by atoms with van der Waals surface area (Å²) in [5, 5.41) is 3.10.